The number of nitrogens with zero attached hydrogens (tertiary/aromatic N) is 4. The van der Waals surface area contributed by atoms with Crippen LogP contribution in [-0.4, -0.2) is 18.1 Å². The number of nitrogens with two attached hydrogens (primary N) is 2. The molecule has 27 heavy (non-hydrogen) atoms. The fourth-order valence-electron chi connectivity index (χ4n) is 2.79. The number of rotatable bonds is 2. The van der Waals surface area contributed by atoms with Gasteiger partial charge in [0.1, 0.15) is 40.9 Å². The van der Waals surface area contributed by atoms with Gasteiger partial charge in [-0.1, -0.05) is 15.9 Å². The number of guanidine groups is 1. The molecule has 1 unspecified atom stereocenters. The smallest absolute Gasteiger partial charge is 0.211 e. The zero-order chi connectivity index (χ0) is 19.7. The van der Waals surface area contributed by atoms with E-state index >= 15 is 0 Å². The minimum absolute atomic E-state index is 0.00430. The number of aliphatic imine (C=N–C) groups is 1. The molecule has 0 amide bonds. The molecule has 1 aliphatic rings. The molecule has 1 atom stereocenters. The summed E-state index contributed by atoms with van der Waals surface area (Å²) in [4.78, 5) is 8.58. The summed E-state index contributed by atoms with van der Waals surface area (Å²) in [5, 5.41) is 23.5. The third-order valence-corrected chi connectivity index (χ3v) is 4.56. The average Bonchev–Trinajstić information content (AvgIpc) is 2.60. The van der Waals surface area contributed by atoms with Crippen LogP contribution in [0.1, 0.15) is 22.7 Å². The van der Waals surface area contributed by atoms with Gasteiger partial charge in [-0.25, -0.2) is 14.4 Å². The summed E-state index contributed by atoms with van der Waals surface area (Å²) < 4.78 is 19.5. The maximum Gasteiger partial charge on any atom is 0.211 e. The molecule has 0 saturated carbocycles. The first-order chi connectivity index (χ1) is 12.9. The minimum atomic E-state index is -0.845. The highest BCUT2D eigenvalue weighted by atomic mass is 79.9. The van der Waals surface area contributed by atoms with E-state index in [1.54, 1.807) is 6.19 Å². The normalized spacial score (nSPS) is 14.9. The van der Waals surface area contributed by atoms with Gasteiger partial charge in [-0.15, -0.1) is 0 Å². The Kier molecular flexibility index (Phi) is 4.71. The van der Waals surface area contributed by atoms with Crippen molar-refractivity contribution < 1.29 is 9.13 Å². The molecule has 0 spiro atoms. The number of nitrogens with one attached hydrogen (secondary N) is 2. The second-order valence-corrected chi connectivity index (χ2v) is 6.26. The van der Waals surface area contributed by atoms with Crippen LogP contribution in [0.15, 0.2) is 21.6 Å². The van der Waals surface area contributed by atoms with Crippen molar-refractivity contribution in [2.45, 2.75) is 6.04 Å². The fraction of sp³-hybridized carbons (Fsp3) is 0.125. The van der Waals surface area contributed by atoms with Crippen molar-refractivity contribution in [2.24, 2.45) is 4.99 Å². The second kappa shape index (κ2) is 6.97. The number of aromatic nitrogens is 1. The summed E-state index contributed by atoms with van der Waals surface area (Å²) in [6.45, 7) is 0. The SMILES string of the molecule is COc1cc(F)cc(Br)c1C1N=C(NC#N)Nc2nc(N)c(C#N)c(N)c21. The van der Waals surface area contributed by atoms with Gasteiger partial charge in [0.05, 0.1) is 12.8 Å². The number of halogens is 2. The number of pyridine rings is 1. The lowest BCUT2D eigenvalue weighted by atomic mass is 9.94. The molecule has 2 heterocycles. The molecule has 3 rings (SSSR count). The third-order valence-electron chi connectivity index (χ3n) is 3.91. The van der Waals surface area contributed by atoms with Gasteiger partial charge in [-0.2, -0.15) is 10.5 Å². The summed E-state index contributed by atoms with van der Waals surface area (Å²) in [5.41, 5.74) is 12.9. The summed E-state index contributed by atoms with van der Waals surface area (Å²) in [6.07, 6.45) is 1.76. The van der Waals surface area contributed by atoms with Gasteiger partial charge in [-0.05, 0) is 6.07 Å². The molecule has 6 N–H and O–H groups in total. The number of hydrogen-bond acceptors (Lipinski definition) is 9. The molecular weight excluding hydrogens is 419 g/mol. The number of methoxy groups -OCH3 is 1. The molecule has 0 saturated heterocycles. The number of nitrogen functional groups attached to an aromatic ring is 2. The Bertz CT molecular complexity index is 1060. The number of fused-ring (bicyclic) bond motifs is 1. The second-order valence-electron chi connectivity index (χ2n) is 5.41. The van der Waals surface area contributed by atoms with Crippen molar-refractivity contribution in [1.82, 2.24) is 10.3 Å². The summed E-state index contributed by atoms with van der Waals surface area (Å²) in [6, 6.07) is 3.51. The van der Waals surface area contributed by atoms with Crippen molar-refractivity contribution in [3.05, 3.63) is 39.1 Å². The Hall–Kier alpha value is -3.57. The molecule has 0 bridgehead atoms. The van der Waals surface area contributed by atoms with Crippen LogP contribution in [0.25, 0.3) is 0 Å². The standard InChI is InChI=1S/C16H12BrFN8O/c1-27-9-3-6(18)2-8(17)10(9)13-11-12(21)7(4-19)14(22)25-15(11)26-16(24-13)23-5-20/h2-3,13H,1H3,(H6,21,22,23,24,25,26). The first-order valence-corrected chi connectivity index (χ1v) is 8.22. The highest BCUT2D eigenvalue weighted by molar-refractivity contribution is 9.10. The number of anilines is 3. The van der Waals surface area contributed by atoms with Gasteiger partial charge in [0.25, 0.3) is 0 Å². The van der Waals surface area contributed by atoms with Crippen LogP contribution in [0.5, 0.6) is 5.75 Å². The van der Waals surface area contributed by atoms with E-state index < -0.39 is 11.9 Å². The molecule has 2 aromatic rings. The molecule has 0 radical (unpaired) electrons. The van der Waals surface area contributed by atoms with E-state index in [1.807, 2.05) is 6.07 Å². The number of ether oxygens (including phenoxy) is 1. The van der Waals surface area contributed by atoms with Crippen LogP contribution < -0.4 is 26.8 Å². The molecular formula is C16H12BrFN8O. The predicted octanol–water partition coefficient (Wildman–Crippen LogP) is 1.97. The first-order valence-electron chi connectivity index (χ1n) is 7.43. The van der Waals surface area contributed by atoms with Crippen LogP contribution in [0, 0.1) is 28.6 Å². The van der Waals surface area contributed by atoms with E-state index in [0.717, 1.165) is 0 Å². The molecule has 0 fully saturated rings. The van der Waals surface area contributed by atoms with Crippen LogP contribution >= 0.6 is 15.9 Å². The quantitative estimate of drug-likeness (QED) is 0.415. The molecule has 9 nitrogen and oxygen atoms in total. The van der Waals surface area contributed by atoms with E-state index in [4.69, 9.17) is 21.5 Å². The lowest BCUT2D eigenvalue weighted by molar-refractivity contribution is 0.403. The van der Waals surface area contributed by atoms with Crippen molar-refractivity contribution in [1.29, 1.82) is 10.5 Å². The van der Waals surface area contributed by atoms with Gasteiger partial charge < -0.3 is 21.5 Å². The molecule has 1 aliphatic heterocycles. The Morgan fingerprint density at radius 1 is 1.33 bits per heavy atom. The predicted molar refractivity (Wildman–Crippen MR) is 100 cm³/mol. The van der Waals surface area contributed by atoms with Crippen LogP contribution in [-0.2, 0) is 0 Å². The van der Waals surface area contributed by atoms with Crippen molar-refractivity contribution in [2.75, 3.05) is 23.9 Å². The van der Waals surface area contributed by atoms with E-state index in [0.29, 0.717) is 15.6 Å². The zero-order valence-electron chi connectivity index (χ0n) is 13.8. The Balaban J connectivity index is 2.34. The van der Waals surface area contributed by atoms with E-state index in [-0.39, 0.29) is 34.6 Å². The maximum atomic E-state index is 13.8. The average molecular weight is 431 g/mol. The van der Waals surface area contributed by atoms with E-state index in [1.165, 1.54) is 19.2 Å². The topological polar surface area (TPSA) is 158 Å². The van der Waals surface area contributed by atoms with E-state index in [9.17, 15) is 9.65 Å². The van der Waals surface area contributed by atoms with Crippen LogP contribution in [0.3, 0.4) is 0 Å². The molecule has 1 aromatic carbocycles. The van der Waals surface area contributed by atoms with Crippen molar-refractivity contribution in [3.8, 4) is 18.0 Å². The largest absolute Gasteiger partial charge is 0.496 e. The van der Waals surface area contributed by atoms with Gasteiger partial charge in [0, 0.05) is 21.7 Å². The van der Waals surface area contributed by atoms with E-state index in [2.05, 4.69) is 36.5 Å². The summed E-state index contributed by atoms with van der Waals surface area (Å²) in [5.74, 6) is -0.0701. The van der Waals surface area contributed by atoms with Crippen molar-refractivity contribution >= 4 is 39.2 Å². The summed E-state index contributed by atoms with van der Waals surface area (Å²) in [7, 11) is 1.39. The highest BCUT2D eigenvalue weighted by Gasteiger charge is 2.33. The number of benzene rings is 1. The minimum Gasteiger partial charge on any atom is -0.496 e. The zero-order valence-corrected chi connectivity index (χ0v) is 15.4. The molecule has 0 aliphatic carbocycles. The monoisotopic (exact) mass is 430 g/mol. The molecule has 136 valence electrons. The first kappa shape index (κ1) is 18.2. The van der Waals surface area contributed by atoms with Gasteiger partial charge >= 0.3 is 0 Å². The highest BCUT2D eigenvalue weighted by Crippen LogP contribution is 2.45. The van der Waals surface area contributed by atoms with Crippen LogP contribution in [0.2, 0.25) is 0 Å². The molecule has 11 heteroatoms. The third kappa shape index (κ3) is 3.05. The van der Waals surface area contributed by atoms with Gasteiger partial charge in [0.2, 0.25) is 5.96 Å². The van der Waals surface area contributed by atoms with Gasteiger partial charge in [-0.3, -0.25) is 5.32 Å². The molecule has 1 aromatic heterocycles. The fourth-order valence-corrected chi connectivity index (χ4v) is 3.42. The van der Waals surface area contributed by atoms with Crippen molar-refractivity contribution in [3.63, 3.8) is 0 Å². The van der Waals surface area contributed by atoms with Crippen LogP contribution in [0.4, 0.5) is 21.7 Å². The Labute approximate surface area is 161 Å². The number of hydrogen-bond donors (Lipinski definition) is 4. The number of nitriles is 2. The maximum absolute atomic E-state index is 13.8. The van der Waals surface area contributed by atoms with Gasteiger partial charge in [0.15, 0.2) is 6.19 Å². The lowest BCUT2D eigenvalue weighted by Crippen LogP contribution is -2.33. The Morgan fingerprint density at radius 2 is 2.07 bits per heavy atom. The Morgan fingerprint density at radius 3 is 2.70 bits per heavy atom. The lowest BCUT2D eigenvalue weighted by Gasteiger charge is -2.27. The summed E-state index contributed by atoms with van der Waals surface area (Å²) >= 11 is 3.31.